The smallest absolute Gasteiger partial charge is 0.271 e. The fraction of sp³-hybridized carbons (Fsp3) is 0.357. The average molecular weight is 275 g/mol. The predicted molar refractivity (Wildman–Crippen MR) is 68.5 cm³/mol. The molecule has 104 valence electrons. The zero-order valence-corrected chi connectivity index (χ0v) is 10.8. The summed E-state index contributed by atoms with van der Waals surface area (Å²) in [5, 5.41) is 9.13. The van der Waals surface area contributed by atoms with Crippen molar-refractivity contribution in [2.75, 3.05) is 0 Å². The van der Waals surface area contributed by atoms with E-state index in [1.54, 1.807) is 0 Å². The first-order valence-electron chi connectivity index (χ1n) is 6.36. The largest absolute Gasteiger partial charge is 0.272 e. The Kier molecular flexibility index (Phi) is 3.99. The van der Waals surface area contributed by atoms with E-state index in [1.165, 1.54) is 18.2 Å². The van der Waals surface area contributed by atoms with Crippen molar-refractivity contribution in [3.05, 3.63) is 35.6 Å². The van der Waals surface area contributed by atoms with E-state index in [4.69, 9.17) is 5.26 Å². The van der Waals surface area contributed by atoms with Gasteiger partial charge in [-0.2, -0.15) is 5.26 Å². The average Bonchev–Trinajstić information content (AvgIpc) is 2.95. The summed E-state index contributed by atoms with van der Waals surface area (Å²) in [6.07, 6.45) is 2.57. The van der Waals surface area contributed by atoms with Crippen LogP contribution in [0.4, 0.5) is 4.39 Å². The summed E-state index contributed by atoms with van der Waals surface area (Å²) in [7, 11) is 0. The van der Waals surface area contributed by atoms with Crippen molar-refractivity contribution in [1.82, 2.24) is 10.9 Å². The van der Waals surface area contributed by atoms with Gasteiger partial charge in [0.05, 0.1) is 11.6 Å². The summed E-state index contributed by atoms with van der Waals surface area (Å²) in [5.41, 5.74) is 3.12. The van der Waals surface area contributed by atoms with Crippen LogP contribution in [0.5, 0.6) is 0 Å². The summed E-state index contributed by atoms with van der Waals surface area (Å²) in [6, 6.07) is 7.47. The second-order valence-corrected chi connectivity index (χ2v) is 4.79. The number of rotatable bonds is 2. The van der Waals surface area contributed by atoms with Gasteiger partial charge in [-0.25, -0.2) is 4.39 Å². The van der Waals surface area contributed by atoms with E-state index < -0.39 is 23.0 Å². The molecule has 2 N–H and O–H groups in total. The molecule has 0 unspecified atom stereocenters. The Morgan fingerprint density at radius 1 is 1.20 bits per heavy atom. The van der Waals surface area contributed by atoms with Crippen LogP contribution in [-0.2, 0) is 4.79 Å². The van der Waals surface area contributed by atoms with Crippen molar-refractivity contribution in [3.8, 4) is 6.07 Å². The van der Waals surface area contributed by atoms with Crippen molar-refractivity contribution in [2.45, 2.75) is 25.7 Å². The molecule has 0 aliphatic heterocycles. The van der Waals surface area contributed by atoms with Crippen LogP contribution in [-0.4, -0.2) is 11.8 Å². The molecule has 1 aromatic carbocycles. The van der Waals surface area contributed by atoms with Gasteiger partial charge in [0, 0.05) is 0 Å². The Balaban J connectivity index is 1.99. The maximum absolute atomic E-state index is 13.4. The Morgan fingerprint density at radius 3 is 2.45 bits per heavy atom. The number of nitrogens with one attached hydrogen (secondary N) is 2. The lowest BCUT2D eigenvalue weighted by Gasteiger charge is -2.19. The molecule has 0 bridgehead atoms. The molecule has 5 nitrogen and oxygen atoms in total. The van der Waals surface area contributed by atoms with E-state index in [-0.39, 0.29) is 5.56 Å². The molecule has 0 saturated heterocycles. The molecular weight excluding hydrogens is 261 g/mol. The van der Waals surface area contributed by atoms with Crippen LogP contribution in [0.3, 0.4) is 0 Å². The lowest BCUT2D eigenvalue weighted by molar-refractivity contribution is -0.128. The minimum absolute atomic E-state index is 0.162. The van der Waals surface area contributed by atoms with Crippen molar-refractivity contribution >= 4 is 11.8 Å². The van der Waals surface area contributed by atoms with E-state index in [0.29, 0.717) is 12.8 Å². The molecule has 6 heteroatoms. The van der Waals surface area contributed by atoms with Gasteiger partial charge in [0.25, 0.3) is 11.8 Å². The Labute approximate surface area is 115 Å². The topological polar surface area (TPSA) is 82.0 Å². The van der Waals surface area contributed by atoms with Crippen molar-refractivity contribution < 1.29 is 14.0 Å². The number of nitriles is 1. The minimum atomic E-state index is -1.08. The molecule has 0 radical (unpaired) electrons. The van der Waals surface area contributed by atoms with Gasteiger partial charge in [-0.1, -0.05) is 25.0 Å². The minimum Gasteiger partial charge on any atom is -0.271 e. The van der Waals surface area contributed by atoms with Crippen LogP contribution in [0.15, 0.2) is 24.3 Å². The van der Waals surface area contributed by atoms with Gasteiger partial charge < -0.3 is 0 Å². The molecular formula is C14H14FN3O2. The molecule has 1 saturated carbocycles. The quantitative estimate of drug-likeness (QED) is 0.805. The molecule has 1 aromatic rings. The van der Waals surface area contributed by atoms with Gasteiger partial charge in [-0.3, -0.25) is 20.4 Å². The Morgan fingerprint density at radius 2 is 1.85 bits per heavy atom. The summed E-state index contributed by atoms with van der Waals surface area (Å²) in [5.74, 6) is -1.96. The number of nitrogens with zero attached hydrogens (tertiary/aromatic N) is 1. The number of carbonyl (C=O) groups excluding carboxylic acids is 2. The van der Waals surface area contributed by atoms with Crippen molar-refractivity contribution in [1.29, 1.82) is 5.26 Å². The Bertz CT molecular complexity index is 574. The first-order chi connectivity index (χ1) is 9.59. The maximum Gasteiger partial charge on any atom is 0.272 e. The first kappa shape index (κ1) is 14.0. The number of carbonyl (C=O) groups is 2. The lowest BCUT2D eigenvalue weighted by Crippen LogP contribution is -2.48. The van der Waals surface area contributed by atoms with Crippen molar-refractivity contribution in [3.63, 3.8) is 0 Å². The van der Waals surface area contributed by atoms with Crippen LogP contribution < -0.4 is 10.9 Å². The second kappa shape index (κ2) is 5.70. The highest BCUT2D eigenvalue weighted by molar-refractivity contribution is 5.96. The van der Waals surface area contributed by atoms with Crippen molar-refractivity contribution in [2.24, 2.45) is 5.41 Å². The van der Waals surface area contributed by atoms with Gasteiger partial charge >= 0.3 is 0 Å². The molecule has 1 fully saturated rings. The molecule has 0 spiro atoms. The molecule has 0 aromatic heterocycles. The van der Waals surface area contributed by atoms with Gasteiger partial charge in [-0.05, 0) is 25.0 Å². The van der Waals surface area contributed by atoms with E-state index in [1.807, 2.05) is 6.07 Å². The second-order valence-electron chi connectivity index (χ2n) is 4.79. The summed E-state index contributed by atoms with van der Waals surface area (Å²) < 4.78 is 13.4. The predicted octanol–water partition coefficient (Wildman–Crippen LogP) is 1.67. The fourth-order valence-electron chi connectivity index (χ4n) is 2.31. The van der Waals surface area contributed by atoms with Crippen LogP contribution in [0.25, 0.3) is 0 Å². The molecule has 2 rings (SSSR count). The number of hydrazine groups is 1. The Hall–Kier alpha value is -2.42. The summed E-state index contributed by atoms with van der Waals surface area (Å²) in [6.45, 7) is 0. The SMILES string of the molecule is N#CC1(C(=O)NNC(=O)c2ccccc2F)CCCC1. The zero-order chi connectivity index (χ0) is 14.6. The summed E-state index contributed by atoms with van der Waals surface area (Å²) >= 11 is 0. The fourth-order valence-corrected chi connectivity index (χ4v) is 2.31. The normalized spacial score (nSPS) is 16.2. The molecule has 20 heavy (non-hydrogen) atoms. The molecule has 1 aliphatic rings. The number of amides is 2. The number of benzene rings is 1. The highest BCUT2D eigenvalue weighted by Crippen LogP contribution is 2.37. The van der Waals surface area contributed by atoms with Gasteiger partial charge in [-0.15, -0.1) is 0 Å². The molecule has 0 heterocycles. The van der Waals surface area contributed by atoms with Crippen LogP contribution in [0.2, 0.25) is 0 Å². The highest BCUT2D eigenvalue weighted by Gasteiger charge is 2.41. The monoisotopic (exact) mass is 275 g/mol. The van der Waals surface area contributed by atoms with Gasteiger partial charge in [0.15, 0.2) is 0 Å². The van der Waals surface area contributed by atoms with Gasteiger partial charge in [0.1, 0.15) is 11.2 Å². The van der Waals surface area contributed by atoms with E-state index in [2.05, 4.69) is 10.9 Å². The standard InChI is InChI=1S/C14H14FN3O2/c15-11-6-2-1-5-10(11)12(19)17-18-13(20)14(9-16)7-3-4-8-14/h1-2,5-6H,3-4,7-8H2,(H,17,19)(H,18,20). The van der Waals surface area contributed by atoms with Gasteiger partial charge in [0.2, 0.25) is 0 Å². The third-order valence-corrected chi connectivity index (χ3v) is 3.51. The lowest BCUT2D eigenvalue weighted by atomic mass is 9.87. The van der Waals surface area contributed by atoms with E-state index in [0.717, 1.165) is 18.9 Å². The summed E-state index contributed by atoms with van der Waals surface area (Å²) in [4.78, 5) is 23.7. The number of hydrogen-bond donors (Lipinski definition) is 2. The first-order valence-corrected chi connectivity index (χ1v) is 6.36. The zero-order valence-electron chi connectivity index (χ0n) is 10.8. The third-order valence-electron chi connectivity index (χ3n) is 3.51. The molecule has 0 atom stereocenters. The molecule has 2 amide bonds. The van der Waals surface area contributed by atoms with Crippen LogP contribution in [0.1, 0.15) is 36.0 Å². The molecule has 1 aliphatic carbocycles. The maximum atomic E-state index is 13.4. The van der Waals surface area contributed by atoms with Crippen LogP contribution >= 0.6 is 0 Å². The number of halogens is 1. The van der Waals surface area contributed by atoms with E-state index in [9.17, 15) is 14.0 Å². The number of hydrogen-bond acceptors (Lipinski definition) is 3. The van der Waals surface area contributed by atoms with Crippen LogP contribution in [0, 0.1) is 22.6 Å². The highest BCUT2D eigenvalue weighted by atomic mass is 19.1. The van der Waals surface area contributed by atoms with E-state index >= 15 is 0 Å². The third kappa shape index (κ3) is 2.62.